The van der Waals surface area contributed by atoms with Crippen molar-refractivity contribution in [1.82, 2.24) is 9.80 Å². The van der Waals surface area contributed by atoms with Crippen molar-refractivity contribution < 1.29 is 24.2 Å². The zero-order chi connectivity index (χ0) is 21.5. The molecule has 2 aliphatic heterocycles. The number of amides is 1. The number of ether oxygens (including phenoxy) is 2. The van der Waals surface area contributed by atoms with Crippen molar-refractivity contribution in [3.63, 3.8) is 0 Å². The first-order valence-electron chi connectivity index (χ1n) is 9.92. The van der Waals surface area contributed by atoms with E-state index < -0.39 is 0 Å². The fourth-order valence-electron chi connectivity index (χ4n) is 4.28. The number of carboxylic acid groups (broad SMARTS) is 1. The van der Waals surface area contributed by atoms with Gasteiger partial charge in [0.15, 0.2) is 0 Å². The van der Waals surface area contributed by atoms with Crippen molar-refractivity contribution in [3.05, 3.63) is 59.7 Å². The van der Waals surface area contributed by atoms with E-state index in [9.17, 15) is 4.79 Å². The second-order valence-corrected chi connectivity index (χ2v) is 7.58. The van der Waals surface area contributed by atoms with Crippen LogP contribution in [0, 0.1) is 11.8 Å². The molecule has 0 unspecified atom stereocenters. The number of methoxy groups -OCH3 is 2. The van der Waals surface area contributed by atoms with Gasteiger partial charge in [-0.1, -0.05) is 24.3 Å². The van der Waals surface area contributed by atoms with E-state index in [1.54, 1.807) is 14.2 Å². The molecule has 0 bridgehead atoms. The molecule has 2 aromatic carbocycles. The van der Waals surface area contributed by atoms with Gasteiger partial charge in [0.25, 0.3) is 6.47 Å². The molecule has 2 heterocycles. The van der Waals surface area contributed by atoms with Crippen LogP contribution >= 0.6 is 0 Å². The van der Waals surface area contributed by atoms with Crippen molar-refractivity contribution in [2.75, 3.05) is 33.9 Å². The third kappa shape index (κ3) is 5.10. The van der Waals surface area contributed by atoms with E-state index in [0.717, 1.165) is 43.2 Å². The van der Waals surface area contributed by atoms with Gasteiger partial charge < -0.3 is 19.5 Å². The minimum atomic E-state index is -0.250. The Hall–Kier alpha value is -3.06. The quantitative estimate of drug-likeness (QED) is 0.735. The van der Waals surface area contributed by atoms with Crippen LogP contribution in [0.4, 0.5) is 0 Å². The summed E-state index contributed by atoms with van der Waals surface area (Å²) in [7, 11) is 3.35. The fraction of sp³-hybridized carbons (Fsp3) is 0.391. The van der Waals surface area contributed by atoms with E-state index in [0.29, 0.717) is 18.4 Å². The molecule has 30 heavy (non-hydrogen) atoms. The Kier molecular flexibility index (Phi) is 7.30. The lowest BCUT2D eigenvalue weighted by molar-refractivity contribution is -0.131. The lowest BCUT2D eigenvalue weighted by atomic mass is 10.0. The van der Waals surface area contributed by atoms with Gasteiger partial charge in [-0.05, 0) is 35.4 Å². The Morgan fingerprint density at radius 1 is 0.967 bits per heavy atom. The average molecular weight is 412 g/mol. The number of hydrogen-bond donors (Lipinski definition) is 1. The van der Waals surface area contributed by atoms with Gasteiger partial charge in [0, 0.05) is 38.6 Å². The molecule has 0 radical (unpaired) electrons. The second kappa shape index (κ2) is 10.1. The minimum absolute atomic E-state index is 0.133. The minimum Gasteiger partial charge on any atom is -0.497 e. The van der Waals surface area contributed by atoms with E-state index in [1.807, 2.05) is 41.3 Å². The predicted molar refractivity (Wildman–Crippen MR) is 112 cm³/mol. The lowest BCUT2D eigenvalue weighted by Gasteiger charge is -2.22. The van der Waals surface area contributed by atoms with E-state index in [2.05, 4.69) is 17.0 Å². The van der Waals surface area contributed by atoms with Crippen LogP contribution in [0.25, 0.3) is 0 Å². The number of likely N-dealkylation sites (tertiary alicyclic amines) is 2. The molecule has 2 atom stereocenters. The predicted octanol–water partition coefficient (Wildman–Crippen LogP) is 2.50. The van der Waals surface area contributed by atoms with Crippen LogP contribution < -0.4 is 9.47 Å². The molecule has 2 aliphatic rings. The normalized spacial score (nSPS) is 20.3. The van der Waals surface area contributed by atoms with Crippen LogP contribution in [-0.4, -0.2) is 61.1 Å². The van der Waals surface area contributed by atoms with E-state index in [1.165, 1.54) is 5.56 Å². The molecule has 0 saturated carbocycles. The summed E-state index contributed by atoms with van der Waals surface area (Å²) in [6.45, 7) is 3.98. The number of fused-ring (bicyclic) bond motifs is 1. The molecule has 2 saturated heterocycles. The SMILES string of the molecule is COc1ccc(CN2C[C@@H]3CN(Cc4cccc(OC)c4)C[C@@H]3C2=O)cc1.O=CO. The molecular formula is C23H28N2O5. The van der Waals surface area contributed by atoms with Crippen molar-refractivity contribution in [1.29, 1.82) is 0 Å². The molecule has 0 aliphatic carbocycles. The Bertz CT molecular complexity index is 855. The van der Waals surface area contributed by atoms with Crippen LogP contribution in [0.3, 0.4) is 0 Å². The number of carbonyl (C=O) groups excluding carboxylic acids is 1. The first-order chi connectivity index (χ1) is 14.6. The molecule has 1 amide bonds. The Balaban J connectivity index is 0.000000806. The number of carbonyl (C=O) groups is 2. The largest absolute Gasteiger partial charge is 0.497 e. The third-order valence-electron chi connectivity index (χ3n) is 5.67. The first-order valence-corrected chi connectivity index (χ1v) is 9.92. The van der Waals surface area contributed by atoms with Crippen LogP contribution in [0.5, 0.6) is 11.5 Å². The molecule has 160 valence electrons. The number of hydrogen-bond acceptors (Lipinski definition) is 5. The highest BCUT2D eigenvalue weighted by Gasteiger charge is 2.45. The molecule has 1 N–H and O–H groups in total. The van der Waals surface area contributed by atoms with Crippen LogP contribution in [0.15, 0.2) is 48.5 Å². The molecular weight excluding hydrogens is 384 g/mol. The maximum Gasteiger partial charge on any atom is 0.290 e. The summed E-state index contributed by atoms with van der Waals surface area (Å²) in [6, 6.07) is 16.2. The lowest BCUT2D eigenvalue weighted by Crippen LogP contribution is -2.32. The average Bonchev–Trinajstić information content (AvgIpc) is 3.27. The van der Waals surface area contributed by atoms with Crippen molar-refractivity contribution in [3.8, 4) is 11.5 Å². The van der Waals surface area contributed by atoms with Gasteiger partial charge in [0.2, 0.25) is 5.91 Å². The highest BCUT2D eigenvalue weighted by molar-refractivity contribution is 5.82. The Labute approximate surface area is 176 Å². The van der Waals surface area contributed by atoms with E-state index in [4.69, 9.17) is 19.4 Å². The van der Waals surface area contributed by atoms with Crippen molar-refractivity contribution >= 4 is 12.4 Å². The molecule has 7 nitrogen and oxygen atoms in total. The first kappa shape index (κ1) is 21.6. The summed E-state index contributed by atoms with van der Waals surface area (Å²) in [5.74, 6) is 2.59. The van der Waals surface area contributed by atoms with Crippen molar-refractivity contribution in [2.24, 2.45) is 11.8 Å². The number of nitrogens with zero attached hydrogens (tertiary/aromatic N) is 2. The number of benzene rings is 2. The summed E-state index contributed by atoms with van der Waals surface area (Å²) in [6.07, 6.45) is 0. The van der Waals surface area contributed by atoms with Crippen LogP contribution in [0.2, 0.25) is 0 Å². The van der Waals surface area contributed by atoms with E-state index in [-0.39, 0.29) is 12.4 Å². The van der Waals surface area contributed by atoms with Crippen LogP contribution in [-0.2, 0) is 22.7 Å². The van der Waals surface area contributed by atoms with Crippen LogP contribution in [0.1, 0.15) is 11.1 Å². The van der Waals surface area contributed by atoms with Gasteiger partial charge in [-0.3, -0.25) is 14.5 Å². The molecule has 2 aromatic rings. The summed E-state index contributed by atoms with van der Waals surface area (Å²) < 4.78 is 10.5. The molecule has 0 aromatic heterocycles. The zero-order valence-corrected chi connectivity index (χ0v) is 17.4. The molecule has 0 spiro atoms. The fourth-order valence-corrected chi connectivity index (χ4v) is 4.28. The molecule has 7 heteroatoms. The van der Waals surface area contributed by atoms with Gasteiger partial charge in [-0.2, -0.15) is 0 Å². The third-order valence-corrected chi connectivity index (χ3v) is 5.67. The summed E-state index contributed by atoms with van der Waals surface area (Å²) in [5, 5.41) is 6.89. The topological polar surface area (TPSA) is 79.3 Å². The number of rotatable bonds is 6. The monoisotopic (exact) mass is 412 g/mol. The summed E-state index contributed by atoms with van der Waals surface area (Å²) in [5.41, 5.74) is 2.38. The highest BCUT2D eigenvalue weighted by Crippen LogP contribution is 2.34. The van der Waals surface area contributed by atoms with Gasteiger partial charge in [-0.25, -0.2) is 0 Å². The van der Waals surface area contributed by atoms with E-state index >= 15 is 0 Å². The Morgan fingerprint density at radius 2 is 1.67 bits per heavy atom. The highest BCUT2D eigenvalue weighted by atomic mass is 16.5. The maximum atomic E-state index is 12.9. The zero-order valence-electron chi connectivity index (χ0n) is 17.4. The standard InChI is InChI=1S/C22H26N2O3.CH2O2/c1-26-19-8-6-16(7-9-19)12-24-14-18-13-23(15-21(18)22(24)25)11-17-4-3-5-20(10-17)27-2;2-1-3/h3-10,18,21H,11-15H2,1-2H3;1H,(H,2,3)/t18-,21-;/m0./s1. The Morgan fingerprint density at radius 3 is 2.30 bits per heavy atom. The van der Waals surface area contributed by atoms with Crippen molar-refractivity contribution in [2.45, 2.75) is 13.1 Å². The summed E-state index contributed by atoms with van der Waals surface area (Å²) >= 11 is 0. The smallest absolute Gasteiger partial charge is 0.290 e. The van der Waals surface area contributed by atoms with Gasteiger partial charge in [-0.15, -0.1) is 0 Å². The van der Waals surface area contributed by atoms with Gasteiger partial charge in [0.05, 0.1) is 20.1 Å². The van der Waals surface area contributed by atoms with Gasteiger partial charge >= 0.3 is 0 Å². The maximum absolute atomic E-state index is 12.9. The van der Waals surface area contributed by atoms with Gasteiger partial charge in [0.1, 0.15) is 11.5 Å². The second-order valence-electron chi connectivity index (χ2n) is 7.58. The summed E-state index contributed by atoms with van der Waals surface area (Å²) in [4.78, 5) is 25.6. The molecule has 2 fully saturated rings. The molecule has 4 rings (SSSR count).